The highest BCUT2D eigenvalue weighted by atomic mass is 19.4. The van der Waals surface area contributed by atoms with E-state index in [2.05, 4.69) is 0 Å². The van der Waals surface area contributed by atoms with Gasteiger partial charge in [0.1, 0.15) is 0 Å². The Morgan fingerprint density at radius 1 is 0.944 bits per heavy atom. The summed E-state index contributed by atoms with van der Waals surface area (Å²) in [5, 5.41) is 0. The number of alkyl halides is 5. The second-order valence-electron chi connectivity index (χ2n) is 4.07. The van der Waals surface area contributed by atoms with Crippen LogP contribution in [-0.2, 0) is 4.79 Å². The number of hydrogen-bond acceptors (Lipinski definition) is 1. The van der Waals surface area contributed by atoms with Crippen molar-refractivity contribution in [2.45, 2.75) is 51.6 Å². The molecule has 0 fully saturated rings. The van der Waals surface area contributed by atoms with Crippen LogP contribution in [0.3, 0.4) is 0 Å². The van der Waals surface area contributed by atoms with Crippen LogP contribution in [-0.4, -0.2) is 36.0 Å². The van der Waals surface area contributed by atoms with Gasteiger partial charge >= 0.3 is 18.0 Å². The number of rotatable bonds is 7. The largest absolute Gasteiger partial charge is 0.463 e. The van der Waals surface area contributed by atoms with Crippen LogP contribution in [0.2, 0.25) is 0 Å². The van der Waals surface area contributed by atoms with Gasteiger partial charge in [-0.25, -0.2) is 0 Å². The quantitative estimate of drug-likeness (QED) is 0.650. The van der Waals surface area contributed by atoms with E-state index in [4.69, 9.17) is 0 Å². The molecule has 7 heteroatoms. The van der Waals surface area contributed by atoms with Gasteiger partial charge in [0.2, 0.25) is 0 Å². The van der Waals surface area contributed by atoms with Gasteiger partial charge in [-0.1, -0.05) is 26.7 Å². The maximum absolute atomic E-state index is 12.9. The first-order valence-electron chi connectivity index (χ1n) is 5.92. The summed E-state index contributed by atoms with van der Waals surface area (Å²) in [5.74, 6) is -7.44. The molecule has 108 valence electrons. The first kappa shape index (κ1) is 17.1. The highest BCUT2D eigenvalue weighted by molar-refractivity contribution is 5.84. The maximum Gasteiger partial charge on any atom is 0.463 e. The van der Waals surface area contributed by atoms with Gasteiger partial charge in [-0.3, -0.25) is 4.79 Å². The Hall–Kier alpha value is -0.880. The van der Waals surface area contributed by atoms with E-state index in [1.807, 2.05) is 0 Å². The molecule has 0 N–H and O–H groups in total. The van der Waals surface area contributed by atoms with Crippen molar-refractivity contribution in [2.75, 3.05) is 13.1 Å². The molecule has 0 aliphatic rings. The molecule has 0 saturated heterocycles. The summed E-state index contributed by atoms with van der Waals surface area (Å²) in [7, 11) is 0. The van der Waals surface area contributed by atoms with Crippen LogP contribution in [0.5, 0.6) is 0 Å². The third-order valence-electron chi connectivity index (χ3n) is 2.48. The molecule has 0 aromatic heterocycles. The van der Waals surface area contributed by atoms with Gasteiger partial charge in [-0.15, -0.1) is 0 Å². The number of hydrogen-bond donors (Lipinski definition) is 0. The van der Waals surface area contributed by atoms with Crippen LogP contribution < -0.4 is 0 Å². The molecule has 0 aromatic rings. The highest BCUT2D eigenvalue weighted by Crippen LogP contribution is 2.37. The number of carbonyl (C=O) groups excluding carboxylic acids is 1. The molecule has 0 atom stereocenters. The monoisotopic (exact) mass is 275 g/mol. The van der Waals surface area contributed by atoms with Crippen LogP contribution >= 0.6 is 0 Å². The molecule has 0 spiro atoms. The Labute approximate surface area is 103 Å². The van der Waals surface area contributed by atoms with E-state index in [0.717, 1.165) is 0 Å². The molecule has 0 aliphatic carbocycles. The van der Waals surface area contributed by atoms with E-state index in [-0.39, 0.29) is 13.1 Å². The Kier molecular flexibility index (Phi) is 6.56. The highest BCUT2D eigenvalue weighted by Gasteiger charge is 2.64. The molecule has 2 nitrogen and oxygen atoms in total. The summed E-state index contributed by atoms with van der Waals surface area (Å²) in [6, 6.07) is 0. The SMILES string of the molecule is CCCCN(CCCC)C(=O)C(F)(F)C(F)(F)F. The minimum atomic E-state index is -5.83. The maximum atomic E-state index is 12.9. The van der Waals surface area contributed by atoms with Gasteiger partial charge in [0.05, 0.1) is 0 Å². The zero-order valence-electron chi connectivity index (χ0n) is 10.5. The Morgan fingerprint density at radius 3 is 1.61 bits per heavy atom. The number of nitrogens with zero attached hydrogens (tertiary/aromatic N) is 1. The molecule has 0 aliphatic heterocycles. The molecular weight excluding hydrogens is 257 g/mol. The predicted molar refractivity (Wildman–Crippen MR) is 57.4 cm³/mol. The third-order valence-corrected chi connectivity index (χ3v) is 2.48. The zero-order chi connectivity index (χ0) is 14.4. The van der Waals surface area contributed by atoms with Gasteiger partial charge in [-0.2, -0.15) is 22.0 Å². The number of carbonyl (C=O) groups is 1. The van der Waals surface area contributed by atoms with Gasteiger partial charge in [0, 0.05) is 13.1 Å². The van der Waals surface area contributed by atoms with Crippen molar-refractivity contribution in [1.82, 2.24) is 4.90 Å². The second kappa shape index (κ2) is 6.89. The van der Waals surface area contributed by atoms with Gasteiger partial charge in [0.25, 0.3) is 0 Å². The van der Waals surface area contributed by atoms with E-state index in [0.29, 0.717) is 30.6 Å². The molecule has 0 radical (unpaired) electrons. The minimum absolute atomic E-state index is 0.0684. The summed E-state index contributed by atoms with van der Waals surface area (Å²) in [4.78, 5) is 11.9. The van der Waals surface area contributed by atoms with Crippen molar-refractivity contribution >= 4 is 5.91 Å². The van der Waals surface area contributed by atoms with Crippen molar-refractivity contribution in [3.63, 3.8) is 0 Å². The van der Waals surface area contributed by atoms with Gasteiger partial charge in [0.15, 0.2) is 0 Å². The van der Waals surface area contributed by atoms with Crippen LogP contribution in [0.15, 0.2) is 0 Å². The molecule has 1 amide bonds. The van der Waals surface area contributed by atoms with Crippen LogP contribution in [0, 0.1) is 0 Å². The Balaban J connectivity index is 4.82. The lowest BCUT2D eigenvalue weighted by atomic mass is 10.2. The molecule has 0 heterocycles. The molecule has 0 saturated carbocycles. The second-order valence-corrected chi connectivity index (χ2v) is 4.07. The summed E-state index contributed by atoms with van der Waals surface area (Å²) >= 11 is 0. The van der Waals surface area contributed by atoms with E-state index in [1.165, 1.54) is 0 Å². The van der Waals surface area contributed by atoms with E-state index in [1.54, 1.807) is 13.8 Å². The minimum Gasteiger partial charge on any atom is -0.337 e. The Bertz CT molecular complexity index is 257. The van der Waals surface area contributed by atoms with E-state index >= 15 is 0 Å². The fourth-order valence-corrected chi connectivity index (χ4v) is 1.33. The van der Waals surface area contributed by atoms with E-state index < -0.39 is 18.0 Å². The first-order valence-corrected chi connectivity index (χ1v) is 5.92. The number of unbranched alkanes of at least 4 members (excludes halogenated alkanes) is 2. The third kappa shape index (κ3) is 4.42. The molecular formula is C11H18F5NO. The lowest BCUT2D eigenvalue weighted by Gasteiger charge is -2.28. The van der Waals surface area contributed by atoms with Gasteiger partial charge in [-0.05, 0) is 12.8 Å². The van der Waals surface area contributed by atoms with E-state index in [9.17, 15) is 26.7 Å². The standard InChI is InChI=1S/C11H18F5NO/c1-3-5-7-17(8-6-4-2)9(18)10(12,13)11(14,15)16/h3-8H2,1-2H3. The molecule has 0 rings (SSSR count). The molecule has 18 heavy (non-hydrogen) atoms. The predicted octanol–water partition coefficient (Wildman–Crippen LogP) is 3.61. The zero-order valence-corrected chi connectivity index (χ0v) is 10.5. The molecule has 0 bridgehead atoms. The molecule has 0 unspecified atom stereocenters. The lowest BCUT2D eigenvalue weighted by Crippen LogP contribution is -2.52. The lowest BCUT2D eigenvalue weighted by molar-refractivity contribution is -0.274. The average molecular weight is 275 g/mol. The fourth-order valence-electron chi connectivity index (χ4n) is 1.33. The Morgan fingerprint density at radius 2 is 1.33 bits per heavy atom. The van der Waals surface area contributed by atoms with Crippen molar-refractivity contribution in [3.05, 3.63) is 0 Å². The van der Waals surface area contributed by atoms with Crippen molar-refractivity contribution in [1.29, 1.82) is 0 Å². The van der Waals surface area contributed by atoms with Crippen molar-refractivity contribution < 1.29 is 26.7 Å². The van der Waals surface area contributed by atoms with Crippen molar-refractivity contribution in [3.8, 4) is 0 Å². The number of amides is 1. The summed E-state index contributed by atoms with van der Waals surface area (Å²) < 4.78 is 62.1. The first-order chi connectivity index (χ1) is 8.18. The van der Waals surface area contributed by atoms with Crippen LogP contribution in [0.1, 0.15) is 39.5 Å². The van der Waals surface area contributed by atoms with Crippen LogP contribution in [0.4, 0.5) is 22.0 Å². The number of halogens is 5. The average Bonchev–Trinajstić information content (AvgIpc) is 2.27. The topological polar surface area (TPSA) is 20.3 Å². The summed E-state index contributed by atoms with van der Waals surface area (Å²) in [6.45, 7) is 3.40. The van der Waals surface area contributed by atoms with Crippen molar-refractivity contribution in [2.24, 2.45) is 0 Å². The summed E-state index contributed by atoms with van der Waals surface area (Å²) in [6.07, 6.45) is -3.78. The fraction of sp³-hybridized carbons (Fsp3) is 0.909. The molecule has 0 aromatic carbocycles. The summed E-state index contributed by atoms with van der Waals surface area (Å²) in [5.41, 5.74) is 0. The smallest absolute Gasteiger partial charge is 0.337 e. The van der Waals surface area contributed by atoms with Gasteiger partial charge < -0.3 is 4.90 Å². The normalized spacial score (nSPS) is 12.6. The van der Waals surface area contributed by atoms with Crippen LogP contribution in [0.25, 0.3) is 0 Å².